The Labute approximate surface area is 194 Å². The van der Waals surface area contributed by atoms with Crippen LogP contribution in [0.2, 0.25) is 0 Å². The van der Waals surface area contributed by atoms with Gasteiger partial charge >= 0.3 is 0 Å². The third-order valence-corrected chi connectivity index (χ3v) is 5.87. The Balaban J connectivity index is 2.09. The first kappa shape index (κ1) is 24.5. The standard InChI is InChI=1S/C26H31FN2O4/c1-4-16-33-19-11-9-10-18(17-19)24(30)22-23(20-12-7-8-13-21(20)27)29(26(32)25(22)31)15-14-28(5-2)6-3/h7-13,17,23,30H,4-6,14-16H2,1-3H3/b24-22+. The summed E-state index contributed by atoms with van der Waals surface area (Å²) in [6.45, 7) is 8.87. The van der Waals surface area contributed by atoms with Crippen LogP contribution in [0, 0.1) is 5.82 Å². The lowest BCUT2D eigenvalue weighted by atomic mass is 9.95. The Morgan fingerprint density at radius 2 is 1.82 bits per heavy atom. The number of aliphatic hydroxyl groups excluding tert-OH is 1. The van der Waals surface area contributed by atoms with Crippen LogP contribution in [0.3, 0.4) is 0 Å². The van der Waals surface area contributed by atoms with Crippen molar-refractivity contribution in [1.82, 2.24) is 9.80 Å². The number of nitrogens with zero attached hydrogens (tertiary/aromatic N) is 2. The largest absolute Gasteiger partial charge is 0.507 e. The third-order valence-electron chi connectivity index (χ3n) is 5.87. The summed E-state index contributed by atoms with van der Waals surface area (Å²) >= 11 is 0. The fourth-order valence-electron chi connectivity index (χ4n) is 4.03. The number of aliphatic hydroxyl groups is 1. The van der Waals surface area contributed by atoms with Gasteiger partial charge in [0.05, 0.1) is 18.2 Å². The van der Waals surface area contributed by atoms with Crippen LogP contribution in [0.1, 0.15) is 44.4 Å². The molecule has 3 rings (SSSR count). The van der Waals surface area contributed by atoms with Gasteiger partial charge in [0.2, 0.25) is 0 Å². The van der Waals surface area contributed by atoms with E-state index in [1.54, 1.807) is 42.5 Å². The van der Waals surface area contributed by atoms with Crippen molar-refractivity contribution in [1.29, 1.82) is 0 Å². The fraction of sp³-hybridized carbons (Fsp3) is 0.385. The summed E-state index contributed by atoms with van der Waals surface area (Å²) in [6, 6.07) is 11.7. The predicted molar refractivity (Wildman–Crippen MR) is 125 cm³/mol. The van der Waals surface area contributed by atoms with Gasteiger partial charge in [-0.15, -0.1) is 0 Å². The number of carbonyl (C=O) groups excluding carboxylic acids is 2. The monoisotopic (exact) mass is 454 g/mol. The molecule has 1 aliphatic rings. The molecule has 0 bridgehead atoms. The summed E-state index contributed by atoms with van der Waals surface area (Å²) in [5.74, 6) is -1.90. The number of benzene rings is 2. The smallest absolute Gasteiger partial charge is 0.295 e. The molecule has 1 unspecified atom stereocenters. The molecule has 1 atom stereocenters. The molecule has 0 aliphatic carbocycles. The number of carbonyl (C=O) groups is 2. The van der Waals surface area contributed by atoms with Crippen molar-refractivity contribution in [3.63, 3.8) is 0 Å². The normalized spacial score (nSPS) is 17.7. The maximum Gasteiger partial charge on any atom is 0.295 e. The average molecular weight is 455 g/mol. The maximum absolute atomic E-state index is 14.9. The molecule has 33 heavy (non-hydrogen) atoms. The number of likely N-dealkylation sites (N-methyl/N-ethyl adjacent to an activating group) is 1. The van der Waals surface area contributed by atoms with Crippen molar-refractivity contribution >= 4 is 17.4 Å². The van der Waals surface area contributed by atoms with Crippen LogP contribution < -0.4 is 4.74 Å². The Morgan fingerprint density at radius 1 is 1.09 bits per heavy atom. The molecule has 2 aromatic carbocycles. The van der Waals surface area contributed by atoms with E-state index in [0.29, 0.717) is 24.5 Å². The SMILES string of the molecule is CCCOc1cccc(/C(O)=C2\C(=O)C(=O)N(CCN(CC)CC)C2c2ccccc2F)c1. The number of ether oxygens (including phenoxy) is 1. The van der Waals surface area contributed by atoms with Crippen molar-refractivity contribution in [2.45, 2.75) is 33.2 Å². The lowest BCUT2D eigenvalue weighted by Gasteiger charge is -2.28. The molecule has 6 nitrogen and oxygen atoms in total. The Hall–Kier alpha value is -3.19. The molecule has 2 aromatic rings. The Morgan fingerprint density at radius 3 is 2.48 bits per heavy atom. The third kappa shape index (κ3) is 5.25. The zero-order chi connectivity index (χ0) is 24.0. The van der Waals surface area contributed by atoms with E-state index in [1.165, 1.54) is 11.0 Å². The van der Waals surface area contributed by atoms with Gasteiger partial charge in [0.15, 0.2) is 0 Å². The van der Waals surface area contributed by atoms with E-state index in [9.17, 15) is 19.1 Å². The summed E-state index contributed by atoms with van der Waals surface area (Å²) < 4.78 is 20.5. The van der Waals surface area contributed by atoms with Gasteiger partial charge in [-0.2, -0.15) is 0 Å². The van der Waals surface area contributed by atoms with Gasteiger partial charge in [0.25, 0.3) is 11.7 Å². The number of amides is 1. The number of Topliss-reactive ketones (excluding diaryl/α,β-unsaturated/α-hetero) is 1. The zero-order valence-corrected chi connectivity index (χ0v) is 19.4. The molecule has 1 heterocycles. The highest BCUT2D eigenvalue weighted by Gasteiger charge is 2.46. The van der Waals surface area contributed by atoms with Crippen molar-refractivity contribution < 1.29 is 23.8 Å². The van der Waals surface area contributed by atoms with Crippen molar-refractivity contribution in [3.8, 4) is 5.75 Å². The number of ketones is 1. The molecular weight excluding hydrogens is 423 g/mol. The van der Waals surface area contributed by atoms with Crippen LogP contribution in [0.15, 0.2) is 54.1 Å². The summed E-state index contributed by atoms with van der Waals surface area (Å²) in [6.07, 6.45) is 0.821. The van der Waals surface area contributed by atoms with Crippen LogP contribution >= 0.6 is 0 Å². The molecule has 0 aromatic heterocycles. The number of hydrogen-bond acceptors (Lipinski definition) is 5. The molecule has 1 amide bonds. The summed E-state index contributed by atoms with van der Waals surface area (Å²) in [7, 11) is 0. The van der Waals surface area contributed by atoms with Gasteiger partial charge < -0.3 is 19.6 Å². The number of rotatable bonds is 10. The highest BCUT2D eigenvalue weighted by atomic mass is 19.1. The van der Waals surface area contributed by atoms with Gasteiger partial charge in [0, 0.05) is 24.2 Å². The van der Waals surface area contributed by atoms with Crippen molar-refractivity contribution in [3.05, 3.63) is 71.0 Å². The van der Waals surface area contributed by atoms with Gasteiger partial charge in [-0.3, -0.25) is 9.59 Å². The van der Waals surface area contributed by atoms with Crippen molar-refractivity contribution in [2.24, 2.45) is 0 Å². The lowest BCUT2D eigenvalue weighted by Crippen LogP contribution is -2.38. The Kier molecular flexibility index (Phi) is 8.22. The van der Waals surface area contributed by atoms with E-state index in [0.717, 1.165) is 19.5 Å². The summed E-state index contributed by atoms with van der Waals surface area (Å²) in [5.41, 5.74) is 0.403. The number of halogens is 1. The molecular formula is C26H31FN2O4. The second-order valence-corrected chi connectivity index (χ2v) is 7.92. The molecule has 1 saturated heterocycles. The predicted octanol–water partition coefficient (Wildman–Crippen LogP) is 4.38. The van der Waals surface area contributed by atoms with E-state index in [-0.39, 0.29) is 23.4 Å². The topological polar surface area (TPSA) is 70.1 Å². The van der Waals surface area contributed by atoms with Crippen LogP contribution in [0.4, 0.5) is 4.39 Å². The molecule has 7 heteroatoms. The van der Waals surface area contributed by atoms with Gasteiger partial charge in [0.1, 0.15) is 17.3 Å². The first-order valence-electron chi connectivity index (χ1n) is 11.4. The summed E-state index contributed by atoms with van der Waals surface area (Å²) in [4.78, 5) is 29.6. The highest BCUT2D eigenvalue weighted by Crippen LogP contribution is 2.40. The first-order valence-corrected chi connectivity index (χ1v) is 11.4. The number of likely N-dealkylation sites (tertiary alicyclic amines) is 1. The van der Waals surface area contributed by atoms with Crippen LogP contribution in [-0.4, -0.2) is 59.4 Å². The van der Waals surface area contributed by atoms with E-state index in [1.807, 2.05) is 20.8 Å². The highest BCUT2D eigenvalue weighted by molar-refractivity contribution is 6.46. The van der Waals surface area contributed by atoms with E-state index < -0.39 is 23.5 Å². The molecule has 0 saturated carbocycles. The Bertz CT molecular complexity index is 1030. The second-order valence-electron chi connectivity index (χ2n) is 7.92. The second kappa shape index (κ2) is 11.1. The van der Waals surface area contributed by atoms with E-state index >= 15 is 0 Å². The quantitative estimate of drug-likeness (QED) is 0.328. The molecule has 1 N–H and O–H groups in total. The minimum atomic E-state index is -1.01. The maximum atomic E-state index is 14.9. The fourth-order valence-corrected chi connectivity index (χ4v) is 4.03. The van der Waals surface area contributed by atoms with Crippen LogP contribution in [0.5, 0.6) is 5.75 Å². The van der Waals surface area contributed by atoms with Gasteiger partial charge in [-0.05, 0) is 37.7 Å². The van der Waals surface area contributed by atoms with Gasteiger partial charge in [-0.1, -0.05) is 51.1 Å². The molecule has 1 aliphatic heterocycles. The minimum Gasteiger partial charge on any atom is -0.507 e. The van der Waals surface area contributed by atoms with E-state index in [2.05, 4.69) is 4.90 Å². The zero-order valence-electron chi connectivity index (χ0n) is 19.4. The molecule has 176 valence electrons. The van der Waals surface area contributed by atoms with E-state index in [4.69, 9.17) is 4.74 Å². The number of hydrogen-bond donors (Lipinski definition) is 1. The first-order chi connectivity index (χ1) is 15.9. The molecule has 0 spiro atoms. The lowest BCUT2D eigenvalue weighted by molar-refractivity contribution is -0.140. The summed E-state index contributed by atoms with van der Waals surface area (Å²) in [5, 5.41) is 11.2. The molecule has 1 fully saturated rings. The average Bonchev–Trinajstić information content (AvgIpc) is 3.08. The van der Waals surface area contributed by atoms with Crippen molar-refractivity contribution in [2.75, 3.05) is 32.8 Å². The van der Waals surface area contributed by atoms with Gasteiger partial charge in [-0.25, -0.2) is 4.39 Å². The minimum absolute atomic E-state index is 0.114. The molecule has 0 radical (unpaired) electrons. The van der Waals surface area contributed by atoms with Crippen LogP contribution in [0.25, 0.3) is 5.76 Å². The van der Waals surface area contributed by atoms with Crippen LogP contribution in [-0.2, 0) is 9.59 Å².